The van der Waals surface area contributed by atoms with Gasteiger partial charge in [0.25, 0.3) is 0 Å². The molecule has 0 bridgehead atoms. The Morgan fingerprint density at radius 3 is 2.48 bits per heavy atom. The number of hydrogen-bond donors (Lipinski definition) is 1. The van der Waals surface area contributed by atoms with Crippen molar-refractivity contribution in [2.24, 2.45) is 5.41 Å². The predicted octanol–water partition coefficient (Wildman–Crippen LogP) is 4.81. The van der Waals surface area contributed by atoms with Crippen LogP contribution < -0.4 is 5.32 Å². The second-order valence-electron chi connectivity index (χ2n) is 6.37. The highest BCUT2D eigenvalue weighted by atomic mass is 19.4. The molecule has 118 valence electrons. The summed E-state index contributed by atoms with van der Waals surface area (Å²) in [6.07, 6.45) is 1.16. The molecule has 1 aromatic carbocycles. The summed E-state index contributed by atoms with van der Waals surface area (Å²) in [6, 6.07) is 6.00. The van der Waals surface area contributed by atoms with Crippen LogP contribution in [0.15, 0.2) is 24.3 Å². The maximum atomic E-state index is 12.8. The molecule has 21 heavy (non-hydrogen) atoms. The molecule has 0 radical (unpaired) electrons. The molecule has 0 spiro atoms. The zero-order chi connectivity index (χ0) is 15.5. The van der Waals surface area contributed by atoms with Crippen molar-refractivity contribution in [2.45, 2.75) is 58.2 Å². The summed E-state index contributed by atoms with van der Waals surface area (Å²) in [6.45, 7) is 5.16. The molecule has 1 N–H and O–H groups in total. The van der Waals surface area contributed by atoms with Gasteiger partial charge in [-0.3, -0.25) is 0 Å². The van der Waals surface area contributed by atoms with Crippen molar-refractivity contribution in [1.82, 2.24) is 5.32 Å². The van der Waals surface area contributed by atoms with Crippen molar-refractivity contribution in [1.29, 1.82) is 0 Å². The van der Waals surface area contributed by atoms with Gasteiger partial charge < -0.3 is 5.32 Å². The topological polar surface area (TPSA) is 12.0 Å². The summed E-state index contributed by atoms with van der Waals surface area (Å²) >= 11 is 0. The fourth-order valence-electron chi connectivity index (χ4n) is 3.45. The molecule has 0 aromatic heterocycles. The van der Waals surface area contributed by atoms with Crippen molar-refractivity contribution >= 4 is 0 Å². The third kappa shape index (κ3) is 4.00. The smallest absolute Gasteiger partial charge is 0.313 e. The average molecular weight is 299 g/mol. The molecule has 1 nitrogen and oxygen atoms in total. The molecule has 2 rings (SSSR count). The van der Waals surface area contributed by atoms with E-state index in [1.807, 2.05) is 0 Å². The Morgan fingerprint density at radius 1 is 1.24 bits per heavy atom. The zero-order valence-corrected chi connectivity index (χ0v) is 12.8. The van der Waals surface area contributed by atoms with E-state index in [4.69, 9.17) is 0 Å². The number of rotatable bonds is 5. The lowest BCUT2D eigenvalue weighted by atomic mass is 9.77. The van der Waals surface area contributed by atoms with Crippen LogP contribution in [-0.2, 0) is 12.6 Å². The fourth-order valence-corrected chi connectivity index (χ4v) is 3.45. The van der Waals surface area contributed by atoms with Crippen LogP contribution in [0.1, 0.15) is 50.7 Å². The standard InChI is InChI=1S/C17H24F3N/c1-3-21-15(16(2)9-4-5-10-16)12-13-7-6-8-14(11-13)17(18,19)20/h6-8,11,15,21H,3-5,9-10,12H2,1-2H3. The van der Waals surface area contributed by atoms with Gasteiger partial charge in [-0.1, -0.05) is 44.9 Å². The van der Waals surface area contributed by atoms with Gasteiger partial charge in [0.05, 0.1) is 5.56 Å². The van der Waals surface area contributed by atoms with Crippen LogP contribution in [0.2, 0.25) is 0 Å². The third-order valence-corrected chi connectivity index (χ3v) is 4.73. The Hall–Kier alpha value is -1.03. The largest absolute Gasteiger partial charge is 0.416 e. The first-order valence-corrected chi connectivity index (χ1v) is 7.75. The summed E-state index contributed by atoms with van der Waals surface area (Å²) < 4.78 is 38.4. The molecular formula is C17H24F3N. The summed E-state index contributed by atoms with van der Waals surface area (Å²) in [5.41, 5.74) is 0.417. The molecule has 1 unspecified atom stereocenters. The van der Waals surface area contributed by atoms with Crippen LogP contribution in [-0.4, -0.2) is 12.6 Å². The highest BCUT2D eigenvalue weighted by molar-refractivity contribution is 5.26. The lowest BCUT2D eigenvalue weighted by Crippen LogP contribution is -2.43. The van der Waals surface area contributed by atoms with Gasteiger partial charge in [0.1, 0.15) is 0 Å². The third-order valence-electron chi connectivity index (χ3n) is 4.73. The van der Waals surface area contributed by atoms with E-state index in [2.05, 4.69) is 19.2 Å². The van der Waals surface area contributed by atoms with E-state index in [0.717, 1.165) is 31.0 Å². The van der Waals surface area contributed by atoms with Gasteiger partial charge >= 0.3 is 6.18 Å². The van der Waals surface area contributed by atoms with Crippen molar-refractivity contribution < 1.29 is 13.2 Å². The minimum absolute atomic E-state index is 0.199. The summed E-state index contributed by atoms with van der Waals surface area (Å²) in [5.74, 6) is 0. The molecule has 1 saturated carbocycles. The average Bonchev–Trinajstić information content (AvgIpc) is 2.86. The minimum atomic E-state index is -4.26. The Kier molecular flexibility index (Phi) is 4.97. The second-order valence-corrected chi connectivity index (χ2v) is 6.37. The van der Waals surface area contributed by atoms with E-state index in [1.165, 1.54) is 25.0 Å². The van der Waals surface area contributed by atoms with E-state index in [-0.39, 0.29) is 11.5 Å². The van der Waals surface area contributed by atoms with Crippen molar-refractivity contribution in [3.8, 4) is 0 Å². The van der Waals surface area contributed by atoms with Gasteiger partial charge in [0, 0.05) is 6.04 Å². The highest BCUT2D eigenvalue weighted by Crippen LogP contribution is 2.41. The van der Waals surface area contributed by atoms with Gasteiger partial charge in [-0.15, -0.1) is 0 Å². The first-order chi connectivity index (χ1) is 9.85. The highest BCUT2D eigenvalue weighted by Gasteiger charge is 2.37. The van der Waals surface area contributed by atoms with Crippen molar-refractivity contribution in [3.63, 3.8) is 0 Å². The molecule has 1 atom stereocenters. The summed E-state index contributed by atoms with van der Waals surface area (Å²) in [4.78, 5) is 0. The van der Waals surface area contributed by atoms with Crippen LogP contribution in [0.3, 0.4) is 0 Å². The molecule has 1 aliphatic rings. The van der Waals surface area contributed by atoms with Crippen molar-refractivity contribution in [3.05, 3.63) is 35.4 Å². The van der Waals surface area contributed by atoms with Crippen LogP contribution in [0.25, 0.3) is 0 Å². The van der Waals surface area contributed by atoms with Crippen LogP contribution in [0.5, 0.6) is 0 Å². The Morgan fingerprint density at radius 2 is 1.90 bits per heavy atom. The van der Waals surface area contributed by atoms with Gasteiger partial charge in [-0.25, -0.2) is 0 Å². The van der Waals surface area contributed by atoms with E-state index in [9.17, 15) is 13.2 Å². The van der Waals surface area contributed by atoms with Crippen LogP contribution in [0.4, 0.5) is 13.2 Å². The maximum Gasteiger partial charge on any atom is 0.416 e. The zero-order valence-electron chi connectivity index (χ0n) is 12.8. The molecule has 1 aromatic rings. The molecule has 0 aliphatic heterocycles. The quantitative estimate of drug-likeness (QED) is 0.823. The number of halogens is 3. The normalized spacial score (nSPS) is 19.7. The molecule has 1 fully saturated rings. The fraction of sp³-hybridized carbons (Fsp3) is 0.647. The number of likely N-dealkylation sites (N-methyl/N-ethyl adjacent to an activating group) is 1. The number of alkyl halides is 3. The molecule has 1 aliphatic carbocycles. The lowest BCUT2D eigenvalue weighted by Gasteiger charge is -2.35. The Labute approximate surface area is 124 Å². The number of nitrogens with one attached hydrogen (secondary N) is 1. The van der Waals surface area contributed by atoms with Crippen LogP contribution >= 0.6 is 0 Å². The first-order valence-electron chi connectivity index (χ1n) is 7.75. The van der Waals surface area contributed by atoms with Crippen molar-refractivity contribution in [2.75, 3.05) is 6.54 Å². The van der Waals surface area contributed by atoms with E-state index >= 15 is 0 Å². The summed E-state index contributed by atoms with van der Waals surface area (Å²) in [5, 5.41) is 3.49. The molecule has 0 amide bonds. The molecular weight excluding hydrogens is 275 g/mol. The molecule has 0 heterocycles. The van der Waals surface area contributed by atoms with E-state index in [0.29, 0.717) is 6.42 Å². The lowest BCUT2D eigenvalue weighted by molar-refractivity contribution is -0.137. The molecule has 0 saturated heterocycles. The second kappa shape index (κ2) is 6.39. The van der Waals surface area contributed by atoms with Gasteiger partial charge in [0.2, 0.25) is 0 Å². The number of benzene rings is 1. The number of hydrogen-bond acceptors (Lipinski definition) is 1. The van der Waals surface area contributed by atoms with Crippen LogP contribution in [0, 0.1) is 5.41 Å². The maximum absolute atomic E-state index is 12.8. The van der Waals surface area contributed by atoms with Gasteiger partial charge in [0.15, 0.2) is 0 Å². The van der Waals surface area contributed by atoms with Gasteiger partial charge in [-0.05, 0) is 42.9 Å². The van der Waals surface area contributed by atoms with E-state index < -0.39 is 11.7 Å². The Balaban J connectivity index is 2.17. The Bertz CT molecular complexity index is 461. The van der Waals surface area contributed by atoms with Gasteiger partial charge in [-0.2, -0.15) is 13.2 Å². The monoisotopic (exact) mass is 299 g/mol. The summed E-state index contributed by atoms with van der Waals surface area (Å²) in [7, 11) is 0. The first kappa shape index (κ1) is 16.3. The molecule has 4 heteroatoms. The predicted molar refractivity (Wildman–Crippen MR) is 79.2 cm³/mol. The minimum Gasteiger partial charge on any atom is -0.313 e. The van der Waals surface area contributed by atoms with E-state index in [1.54, 1.807) is 6.07 Å². The SMILES string of the molecule is CCNC(Cc1cccc(C(F)(F)F)c1)C1(C)CCCC1.